The van der Waals surface area contributed by atoms with Crippen molar-refractivity contribution in [1.82, 2.24) is 19.9 Å². The normalized spacial score (nSPS) is 15.9. The molecule has 1 aliphatic heterocycles. The molecule has 9 nitrogen and oxygen atoms in total. The fourth-order valence-corrected chi connectivity index (χ4v) is 5.03. The molecule has 0 saturated heterocycles. The van der Waals surface area contributed by atoms with Crippen molar-refractivity contribution in [3.8, 4) is 11.4 Å². The molecule has 5 rings (SSSR count). The van der Waals surface area contributed by atoms with Crippen LogP contribution in [0.25, 0.3) is 22.5 Å². The van der Waals surface area contributed by atoms with Gasteiger partial charge in [-0.25, -0.2) is 9.78 Å². The molecular weight excluding hydrogens is 478 g/mol. The van der Waals surface area contributed by atoms with Gasteiger partial charge in [0.1, 0.15) is 11.9 Å². The number of anilines is 1. The van der Waals surface area contributed by atoms with Crippen molar-refractivity contribution in [2.75, 3.05) is 17.3 Å². The number of aromatic amines is 1. The maximum Gasteiger partial charge on any atom is 0.417 e. The van der Waals surface area contributed by atoms with Gasteiger partial charge in [-0.3, -0.25) is 14.6 Å². The van der Waals surface area contributed by atoms with Gasteiger partial charge in [-0.2, -0.15) is 11.8 Å². The summed E-state index contributed by atoms with van der Waals surface area (Å²) in [5, 5.41) is 5.84. The molecule has 3 heterocycles. The number of rotatable bonds is 8. The number of hydrogen-bond acceptors (Lipinski definition) is 6. The third-order valence-electron chi connectivity index (χ3n) is 6.43. The average molecular weight is 506 g/mol. The van der Waals surface area contributed by atoms with Crippen molar-refractivity contribution < 1.29 is 14.0 Å². The van der Waals surface area contributed by atoms with Crippen molar-refractivity contribution in [3.63, 3.8) is 0 Å². The highest BCUT2D eigenvalue weighted by Crippen LogP contribution is 2.27. The highest BCUT2D eigenvalue weighted by atomic mass is 32.2. The Bertz CT molecular complexity index is 1440. The van der Waals surface area contributed by atoms with Crippen molar-refractivity contribution in [3.05, 3.63) is 71.0 Å². The number of H-pyrrole nitrogens is 1. The number of amides is 2. The molecular formula is C26H27N5O4S. The van der Waals surface area contributed by atoms with E-state index in [9.17, 15) is 14.4 Å². The van der Waals surface area contributed by atoms with Crippen LogP contribution in [0.3, 0.4) is 0 Å². The van der Waals surface area contributed by atoms with E-state index in [-0.39, 0.29) is 17.7 Å². The summed E-state index contributed by atoms with van der Waals surface area (Å²) in [7, 11) is 0. The number of oxazole rings is 1. The monoisotopic (exact) mass is 505 g/mol. The number of hydrogen-bond donors (Lipinski definition) is 3. The molecule has 0 bridgehead atoms. The number of aromatic nitrogens is 3. The van der Waals surface area contributed by atoms with Crippen LogP contribution in [0.4, 0.5) is 5.69 Å². The number of nitrogens with one attached hydrogen (secondary N) is 3. The van der Waals surface area contributed by atoms with Gasteiger partial charge in [0.2, 0.25) is 11.8 Å². The molecule has 0 radical (unpaired) electrons. The number of carbonyl (C=O) groups is 2. The van der Waals surface area contributed by atoms with Crippen LogP contribution in [0.2, 0.25) is 0 Å². The highest BCUT2D eigenvalue weighted by Gasteiger charge is 2.30. The van der Waals surface area contributed by atoms with Crippen molar-refractivity contribution in [2.45, 2.75) is 31.8 Å². The maximum absolute atomic E-state index is 13.2. The smallest absolute Gasteiger partial charge is 0.408 e. The Kier molecular flexibility index (Phi) is 6.95. The molecule has 0 fully saturated rings. The summed E-state index contributed by atoms with van der Waals surface area (Å²) in [6, 6.07) is 14.3. The van der Waals surface area contributed by atoms with Gasteiger partial charge in [-0.1, -0.05) is 30.3 Å². The third kappa shape index (κ3) is 5.08. The molecule has 0 aliphatic carbocycles. The lowest BCUT2D eigenvalue weighted by Crippen LogP contribution is -2.47. The van der Waals surface area contributed by atoms with Gasteiger partial charge in [-0.15, -0.1) is 0 Å². The molecule has 186 valence electrons. The number of nitrogens with zero attached hydrogens (tertiary/aromatic N) is 2. The number of carbonyl (C=O) groups excluding carboxylic acids is 2. The molecule has 2 atom stereocenters. The molecule has 0 spiro atoms. The molecule has 0 saturated carbocycles. The molecule has 2 unspecified atom stereocenters. The van der Waals surface area contributed by atoms with Crippen LogP contribution in [-0.2, 0) is 22.6 Å². The van der Waals surface area contributed by atoms with Crippen LogP contribution in [0.1, 0.15) is 18.5 Å². The highest BCUT2D eigenvalue weighted by molar-refractivity contribution is 7.98. The van der Waals surface area contributed by atoms with E-state index in [1.54, 1.807) is 30.0 Å². The number of imidazole rings is 1. The van der Waals surface area contributed by atoms with Crippen LogP contribution < -0.4 is 16.4 Å². The SMILES string of the molecule is CSCCC(NC(=O)C1CCn2c(cnc2-c2ccccc2)C1)C(=O)Nc1ccc2oc(=O)[nH]c2c1. The standard InChI is InChI=1S/C26H27N5O4S/c1-36-12-10-20(25(33)28-18-7-8-22-21(14-18)30-26(34)35-22)29-24(32)17-9-11-31-19(13-17)15-27-23(31)16-5-3-2-4-6-16/h2-8,14-15,17,20H,9-13H2,1H3,(H,28,33)(H,29,32)(H,30,34). The molecule has 2 aromatic heterocycles. The van der Waals surface area contributed by atoms with Gasteiger partial charge in [0, 0.05) is 42.0 Å². The molecule has 2 aromatic carbocycles. The van der Waals surface area contributed by atoms with Gasteiger partial charge >= 0.3 is 5.76 Å². The summed E-state index contributed by atoms with van der Waals surface area (Å²) in [6.07, 6.45) is 5.57. The van der Waals surface area contributed by atoms with E-state index in [0.29, 0.717) is 42.6 Å². The first-order chi connectivity index (χ1) is 17.5. The quantitative estimate of drug-likeness (QED) is 0.337. The third-order valence-corrected chi connectivity index (χ3v) is 7.07. The first kappa shape index (κ1) is 23.9. The number of fused-ring (bicyclic) bond motifs is 2. The van der Waals surface area contributed by atoms with Crippen LogP contribution in [-0.4, -0.2) is 44.4 Å². The lowest BCUT2D eigenvalue weighted by atomic mass is 9.94. The minimum atomic E-state index is -0.671. The summed E-state index contributed by atoms with van der Waals surface area (Å²) in [4.78, 5) is 44.9. The summed E-state index contributed by atoms with van der Waals surface area (Å²) < 4.78 is 7.18. The summed E-state index contributed by atoms with van der Waals surface area (Å²) in [6.45, 7) is 0.697. The van der Waals surface area contributed by atoms with E-state index in [0.717, 1.165) is 22.8 Å². The average Bonchev–Trinajstić information content (AvgIpc) is 3.48. The van der Waals surface area contributed by atoms with Crippen LogP contribution >= 0.6 is 11.8 Å². The van der Waals surface area contributed by atoms with Crippen LogP contribution in [0, 0.1) is 5.92 Å². The number of thioether (sulfide) groups is 1. The minimum absolute atomic E-state index is 0.125. The zero-order valence-corrected chi connectivity index (χ0v) is 20.6. The second kappa shape index (κ2) is 10.4. The van der Waals surface area contributed by atoms with E-state index >= 15 is 0 Å². The maximum atomic E-state index is 13.2. The zero-order chi connectivity index (χ0) is 25.1. The Morgan fingerprint density at radius 2 is 2.08 bits per heavy atom. The van der Waals surface area contributed by atoms with Crippen LogP contribution in [0.15, 0.2) is 63.9 Å². The summed E-state index contributed by atoms with van der Waals surface area (Å²) in [5.41, 5.74) is 3.50. The van der Waals surface area contributed by atoms with Gasteiger partial charge in [0.05, 0.1) is 5.52 Å². The van der Waals surface area contributed by atoms with E-state index in [2.05, 4.69) is 25.2 Å². The largest absolute Gasteiger partial charge is 0.417 e. The molecule has 10 heteroatoms. The fraction of sp³-hybridized carbons (Fsp3) is 0.308. The Balaban J connectivity index is 1.26. The lowest BCUT2D eigenvalue weighted by molar-refractivity contribution is -0.129. The van der Waals surface area contributed by atoms with E-state index in [1.807, 2.05) is 42.8 Å². The summed E-state index contributed by atoms with van der Waals surface area (Å²) in [5.74, 6) is 0.440. The van der Waals surface area contributed by atoms with Crippen molar-refractivity contribution >= 4 is 40.4 Å². The topological polar surface area (TPSA) is 122 Å². The Morgan fingerprint density at radius 3 is 2.89 bits per heavy atom. The van der Waals surface area contributed by atoms with Gasteiger partial charge in [-0.05, 0) is 43.0 Å². The van der Waals surface area contributed by atoms with E-state index < -0.39 is 11.8 Å². The van der Waals surface area contributed by atoms with Gasteiger partial charge in [0.25, 0.3) is 0 Å². The lowest BCUT2D eigenvalue weighted by Gasteiger charge is -2.26. The Hall–Kier alpha value is -3.79. The molecule has 1 aliphatic rings. The Morgan fingerprint density at radius 1 is 1.25 bits per heavy atom. The van der Waals surface area contributed by atoms with Crippen LogP contribution in [0.5, 0.6) is 0 Å². The van der Waals surface area contributed by atoms with Crippen molar-refractivity contribution in [2.24, 2.45) is 5.92 Å². The zero-order valence-electron chi connectivity index (χ0n) is 19.8. The van der Waals surface area contributed by atoms with E-state index in [1.165, 1.54) is 0 Å². The summed E-state index contributed by atoms with van der Waals surface area (Å²) >= 11 is 1.62. The van der Waals surface area contributed by atoms with Gasteiger partial charge in [0.15, 0.2) is 5.58 Å². The predicted octanol–water partition coefficient (Wildman–Crippen LogP) is 3.42. The second-order valence-corrected chi connectivity index (χ2v) is 9.82. The first-order valence-corrected chi connectivity index (χ1v) is 13.2. The second-order valence-electron chi connectivity index (χ2n) is 8.84. The predicted molar refractivity (Wildman–Crippen MR) is 140 cm³/mol. The molecule has 4 aromatic rings. The molecule has 36 heavy (non-hydrogen) atoms. The molecule has 2 amide bonds. The Labute approximate surface area is 211 Å². The van der Waals surface area contributed by atoms with E-state index in [4.69, 9.17) is 4.42 Å². The fourth-order valence-electron chi connectivity index (χ4n) is 4.56. The number of benzene rings is 2. The minimum Gasteiger partial charge on any atom is -0.408 e. The first-order valence-electron chi connectivity index (χ1n) is 11.8. The van der Waals surface area contributed by atoms with Gasteiger partial charge < -0.3 is 19.6 Å². The van der Waals surface area contributed by atoms with Crippen molar-refractivity contribution in [1.29, 1.82) is 0 Å². The molecule has 3 N–H and O–H groups in total.